The van der Waals surface area contributed by atoms with Crippen molar-refractivity contribution in [3.8, 4) is 0 Å². The maximum absolute atomic E-state index is 5.41. The lowest BCUT2D eigenvalue weighted by molar-refractivity contribution is 0.792. The van der Waals surface area contributed by atoms with Crippen LogP contribution >= 0.6 is 12.2 Å². The van der Waals surface area contributed by atoms with Crippen LogP contribution in [0.2, 0.25) is 0 Å². The summed E-state index contributed by atoms with van der Waals surface area (Å²) in [5.41, 5.74) is 5.37. The van der Waals surface area contributed by atoms with Gasteiger partial charge in [-0.05, 0) is 61.5 Å². The third kappa shape index (κ3) is 5.80. The SMILES string of the molecule is CC=CCNC(=S)Nc1c(CC)cc(CCCC)cc1CC. The summed E-state index contributed by atoms with van der Waals surface area (Å²) in [6.45, 7) is 9.43. The lowest BCUT2D eigenvalue weighted by atomic mass is 9.96. The minimum Gasteiger partial charge on any atom is -0.359 e. The monoisotopic (exact) mass is 318 g/mol. The van der Waals surface area contributed by atoms with Crippen LogP contribution in [0.15, 0.2) is 24.3 Å². The molecule has 0 amide bonds. The van der Waals surface area contributed by atoms with Crippen molar-refractivity contribution in [1.29, 1.82) is 0 Å². The Morgan fingerprint density at radius 2 is 1.77 bits per heavy atom. The Bertz CT molecular complexity index is 481. The standard InChI is InChI=1S/C19H30N2S/c1-5-9-11-15-13-16(7-3)18(17(8-4)14-15)21-19(22)20-12-10-6-2/h6,10,13-14H,5,7-9,11-12H2,1-4H3,(H2,20,21,22). The lowest BCUT2D eigenvalue weighted by Crippen LogP contribution is -2.29. The number of allylic oxidation sites excluding steroid dienone is 1. The molecule has 3 heteroatoms. The molecule has 1 rings (SSSR count). The van der Waals surface area contributed by atoms with E-state index in [2.05, 4.69) is 49.6 Å². The molecule has 2 nitrogen and oxygen atoms in total. The van der Waals surface area contributed by atoms with Gasteiger partial charge in [-0.25, -0.2) is 0 Å². The minimum absolute atomic E-state index is 0.698. The average molecular weight is 319 g/mol. The molecule has 0 atom stereocenters. The summed E-state index contributed by atoms with van der Waals surface area (Å²) >= 11 is 5.41. The van der Waals surface area contributed by atoms with E-state index in [1.807, 2.05) is 13.0 Å². The van der Waals surface area contributed by atoms with E-state index in [4.69, 9.17) is 12.2 Å². The Morgan fingerprint density at radius 3 is 2.27 bits per heavy atom. The van der Waals surface area contributed by atoms with Crippen molar-refractivity contribution >= 4 is 23.0 Å². The van der Waals surface area contributed by atoms with Crippen LogP contribution in [0, 0.1) is 0 Å². The van der Waals surface area contributed by atoms with E-state index in [9.17, 15) is 0 Å². The Balaban J connectivity index is 2.93. The van der Waals surface area contributed by atoms with E-state index in [0.717, 1.165) is 19.4 Å². The highest BCUT2D eigenvalue weighted by molar-refractivity contribution is 7.80. The van der Waals surface area contributed by atoms with Gasteiger partial charge in [-0.1, -0.05) is 51.5 Å². The highest BCUT2D eigenvalue weighted by Crippen LogP contribution is 2.26. The number of thiocarbonyl (C=S) groups is 1. The smallest absolute Gasteiger partial charge is 0.171 e. The summed E-state index contributed by atoms with van der Waals surface area (Å²) in [6, 6.07) is 4.68. The summed E-state index contributed by atoms with van der Waals surface area (Å²) < 4.78 is 0. The highest BCUT2D eigenvalue weighted by Gasteiger charge is 2.10. The molecule has 0 saturated heterocycles. The molecular weight excluding hydrogens is 288 g/mol. The largest absolute Gasteiger partial charge is 0.359 e. The Morgan fingerprint density at radius 1 is 1.14 bits per heavy atom. The maximum Gasteiger partial charge on any atom is 0.171 e. The molecule has 0 radical (unpaired) electrons. The fraction of sp³-hybridized carbons (Fsp3) is 0.526. The zero-order valence-electron chi connectivity index (χ0n) is 14.5. The second-order valence-corrected chi connectivity index (χ2v) is 5.91. The van der Waals surface area contributed by atoms with Crippen molar-refractivity contribution < 1.29 is 0 Å². The zero-order chi connectivity index (χ0) is 16.4. The molecule has 0 saturated carbocycles. The number of nitrogens with one attached hydrogen (secondary N) is 2. The molecule has 22 heavy (non-hydrogen) atoms. The topological polar surface area (TPSA) is 24.1 Å². The van der Waals surface area contributed by atoms with Gasteiger partial charge in [-0.2, -0.15) is 0 Å². The number of hydrogen-bond donors (Lipinski definition) is 2. The van der Waals surface area contributed by atoms with Crippen molar-refractivity contribution in [1.82, 2.24) is 5.32 Å². The maximum atomic E-state index is 5.41. The number of aryl methyl sites for hydroxylation is 3. The molecule has 0 aromatic heterocycles. The number of rotatable bonds is 8. The Hall–Kier alpha value is -1.35. The number of anilines is 1. The predicted octanol–water partition coefficient (Wildman–Crippen LogP) is 5.02. The van der Waals surface area contributed by atoms with Crippen LogP contribution in [0.1, 0.15) is 57.2 Å². The van der Waals surface area contributed by atoms with Gasteiger partial charge in [-0.15, -0.1) is 0 Å². The fourth-order valence-corrected chi connectivity index (χ4v) is 2.70. The molecule has 0 heterocycles. The molecular formula is C19H30N2S. The van der Waals surface area contributed by atoms with Gasteiger partial charge in [0, 0.05) is 12.2 Å². The number of benzene rings is 1. The number of hydrogen-bond acceptors (Lipinski definition) is 1. The first-order chi connectivity index (χ1) is 10.7. The van der Waals surface area contributed by atoms with Crippen LogP contribution in [0.25, 0.3) is 0 Å². The molecule has 0 unspecified atom stereocenters. The van der Waals surface area contributed by atoms with Gasteiger partial charge in [0.2, 0.25) is 0 Å². The highest BCUT2D eigenvalue weighted by atomic mass is 32.1. The van der Waals surface area contributed by atoms with Crippen LogP contribution in [0.4, 0.5) is 5.69 Å². The summed E-state index contributed by atoms with van der Waals surface area (Å²) in [6.07, 6.45) is 9.78. The molecule has 0 bridgehead atoms. The van der Waals surface area contributed by atoms with Gasteiger partial charge in [0.1, 0.15) is 0 Å². The lowest BCUT2D eigenvalue weighted by Gasteiger charge is -2.18. The van der Waals surface area contributed by atoms with E-state index in [-0.39, 0.29) is 0 Å². The third-order valence-electron chi connectivity index (χ3n) is 3.80. The molecule has 1 aromatic rings. The second kappa shape index (κ2) is 10.4. The van der Waals surface area contributed by atoms with Gasteiger partial charge >= 0.3 is 0 Å². The summed E-state index contributed by atoms with van der Waals surface area (Å²) in [5.74, 6) is 0. The average Bonchev–Trinajstić information content (AvgIpc) is 2.53. The van der Waals surface area contributed by atoms with Gasteiger partial charge in [0.15, 0.2) is 5.11 Å². The van der Waals surface area contributed by atoms with Crippen LogP contribution < -0.4 is 10.6 Å². The quantitative estimate of drug-likeness (QED) is 0.520. The van der Waals surface area contributed by atoms with Gasteiger partial charge in [0.25, 0.3) is 0 Å². The van der Waals surface area contributed by atoms with Crippen molar-refractivity contribution in [2.45, 2.75) is 59.8 Å². The Kier molecular flexibility index (Phi) is 8.83. The van der Waals surface area contributed by atoms with Gasteiger partial charge in [-0.3, -0.25) is 0 Å². The van der Waals surface area contributed by atoms with Crippen molar-refractivity contribution in [3.63, 3.8) is 0 Å². The Labute approximate surface area is 141 Å². The molecule has 0 spiro atoms. The molecule has 1 aromatic carbocycles. The van der Waals surface area contributed by atoms with E-state index < -0.39 is 0 Å². The van der Waals surface area contributed by atoms with Crippen molar-refractivity contribution in [2.75, 3.05) is 11.9 Å². The molecule has 0 aliphatic carbocycles. The van der Waals surface area contributed by atoms with E-state index in [0.29, 0.717) is 5.11 Å². The van der Waals surface area contributed by atoms with Crippen LogP contribution in [-0.4, -0.2) is 11.7 Å². The van der Waals surface area contributed by atoms with Crippen molar-refractivity contribution in [3.05, 3.63) is 41.0 Å². The molecule has 0 fully saturated rings. The summed E-state index contributed by atoms with van der Waals surface area (Å²) in [4.78, 5) is 0. The number of unbranched alkanes of at least 4 members (excludes halogenated alkanes) is 1. The molecule has 2 N–H and O–H groups in total. The summed E-state index contributed by atoms with van der Waals surface area (Å²) in [5, 5.41) is 7.32. The first-order valence-corrected chi connectivity index (χ1v) is 8.87. The van der Waals surface area contributed by atoms with Crippen LogP contribution in [0.5, 0.6) is 0 Å². The van der Waals surface area contributed by atoms with E-state index in [1.54, 1.807) is 0 Å². The predicted molar refractivity (Wildman–Crippen MR) is 103 cm³/mol. The second-order valence-electron chi connectivity index (χ2n) is 5.50. The van der Waals surface area contributed by atoms with E-state index in [1.165, 1.54) is 41.6 Å². The normalized spacial score (nSPS) is 10.9. The van der Waals surface area contributed by atoms with Gasteiger partial charge in [0.05, 0.1) is 0 Å². The van der Waals surface area contributed by atoms with E-state index >= 15 is 0 Å². The minimum atomic E-state index is 0.698. The van der Waals surface area contributed by atoms with Crippen LogP contribution in [0.3, 0.4) is 0 Å². The van der Waals surface area contributed by atoms with Crippen molar-refractivity contribution in [2.24, 2.45) is 0 Å². The third-order valence-corrected chi connectivity index (χ3v) is 4.04. The van der Waals surface area contributed by atoms with Crippen LogP contribution in [-0.2, 0) is 19.3 Å². The zero-order valence-corrected chi connectivity index (χ0v) is 15.3. The molecule has 122 valence electrons. The van der Waals surface area contributed by atoms with Gasteiger partial charge < -0.3 is 10.6 Å². The summed E-state index contributed by atoms with van der Waals surface area (Å²) in [7, 11) is 0. The fourth-order valence-electron chi connectivity index (χ4n) is 2.51. The molecule has 0 aliphatic rings. The molecule has 0 aliphatic heterocycles. The first-order valence-electron chi connectivity index (χ1n) is 8.46. The first kappa shape index (κ1) is 18.7.